The van der Waals surface area contributed by atoms with Crippen LogP contribution in [0, 0.1) is 11.8 Å². The van der Waals surface area contributed by atoms with Gasteiger partial charge in [0.05, 0.1) is 45.2 Å². The van der Waals surface area contributed by atoms with Gasteiger partial charge in [-0.25, -0.2) is 19.2 Å². The van der Waals surface area contributed by atoms with E-state index in [4.69, 9.17) is 17.7 Å². The van der Waals surface area contributed by atoms with Gasteiger partial charge >= 0.3 is 22.5 Å². The van der Waals surface area contributed by atoms with Crippen molar-refractivity contribution in [2.45, 2.75) is 0 Å². The van der Waals surface area contributed by atoms with E-state index in [-0.39, 0.29) is 34.1 Å². The summed E-state index contributed by atoms with van der Waals surface area (Å²) < 4.78 is 23.0. The molecule has 0 aromatic heterocycles. The number of hydrogen-bond donors (Lipinski definition) is 0. The summed E-state index contributed by atoms with van der Waals surface area (Å²) in [4.78, 5) is 55.4. The molecule has 4 aliphatic heterocycles. The first-order valence-electron chi connectivity index (χ1n) is 16.4. The highest BCUT2D eigenvalue weighted by molar-refractivity contribution is 5.81. The van der Waals surface area contributed by atoms with E-state index in [0.717, 1.165) is 0 Å². The third-order valence-electron chi connectivity index (χ3n) is 9.14. The molecule has 0 N–H and O–H groups in total. The molecule has 0 bridgehead atoms. The van der Waals surface area contributed by atoms with Crippen LogP contribution in [0.5, 0.6) is 0 Å². The zero-order valence-electron chi connectivity index (χ0n) is 27.1. The van der Waals surface area contributed by atoms with Crippen LogP contribution in [-0.2, 0) is 0 Å². The Morgan fingerprint density at radius 2 is 0.577 bits per heavy atom. The first-order valence-corrected chi connectivity index (χ1v) is 16.4. The van der Waals surface area contributed by atoms with Gasteiger partial charge in [-0.2, -0.15) is 0 Å². The smallest absolute Gasteiger partial charge is 0.390 e. The van der Waals surface area contributed by atoms with Crippen LogP contribution in [-0.4, -0.2) is 0 Å². The van der Waals surface area contributed by atoms with Crippen molar-refractivity contribution in [3.63, 3.8) is 0 Å². The fourth-order valence-corrected chi connectivity index (χ4v) is 6.95. The van der Waals surface area contributed by atoms with Gasteiger partial charge < -0.3 is 17.7 Å². The van der Waals surface area contributed by atoms with E-state index in [0.29, 0.717) is 56.4 Å². The zero-order valence-corrected chi connectivity index (χ0v) is 27.1. The lowest BCUT2D eigenvalue weighted by molar-refractivity contribution is 0.538. The van der Waals surface area contributed by atoms with Crippen molar-refractivity contribution in [3.05, 3.63) is 232 Å². The second kappa shape index (κ2) is 12.2. The summed E-state index contributed by atoms with van der Waals surface area (Å²) in [6.07, 6.45) is 0. The Bertz CT molecular complexity index is 2510. The van der Waals surface area contributed by atoms with Crippen molar-refractivity contribution < 1.29 is 17.7 Å². The molecule has 0 fully saturated rings. The van der Waals surface area contributed by atoms with Crippen LogP contribution in [0.25, 0.3) is 45.3 Å². The predicted octanol–water partition coefficient (Wildman–Crippen LogP) is 7.96. The Balaban J connectivity index is 1.35. The minimum absolute atomic E-state index is 0.159. The number of rotatable bonds is 6. The summed E-state index contributed by atoms with van der Waals surface area (Å²) in [6, 6.07) is 42.2. The SMILES string of the molecule is O=c1oc2cccccc-2c1[C+](c1cccc([C+](c2c3cccccc-3oc2=O)c2c3cccccc-3oc2=O)c1)c1c2cccccc-2oc1=O. The van der Waals surface area contributed by atoms with Crippen molar-refractivity contribution in [2.24, 2.45) is 0 Å². The third kappa shape index (κ3) is 4.93. The lowest BCUT2D eigenvalue weighted by atomic mass is 9.79. The summed E-state index contributed by atoms with van der Waals surface area (Å²) in [5.74, 6) is 1.86. The molecule has 0 unspecified atom stereocenters. The lowest BCUT2D eigenvalue weighted by Gasteiger charge is -2.14. The molecule has 52 heavy (non-hydrogen) atoms. The standard InChI is InChI=1S/C44H24O8/c45-41-37(27-16-5-1-9-20-31(27)49-41)35(38-28-17-6-2-10-21-32(28)50-42(38)46)25-14-13-15-26(24-25)36(39-29-18-7-3-11-22-33(29)51-43(39)47)40-30-19-8-4-12-23-34(30)52-44(40)48/h1-24H/q+2. The van der Waals surface area contributed by atoms with Crippen LogP contribution >= 0.6 is 0 Å². The monoisotopic (exact) mass is 680 g/mol. The van der Waals surface area contributed by atoms with Gasteiger partial charge in [0.2, 0.25) is 0 Å². The molecular weight excluding hydrogens is 656 g/mol. The van der Waals surface area contributed by atoms with Gasteiger partial charge in [-0.05, 0) is 66.7 Å². The molecule has 9 rings (SSSR count). The molecule has 8 aliphatic rings. The van der Waals surface area contributed by atoms with Gasteiger partial charge in [-0.15, -0.1) is 0 Å². The van der Waals surface area contributed by atoms with Gasteiger partial charge in [0.1, 0.15) is 0 Å². The van der Waals surface area contributed by atoms with Crippen molar-refractivity contribution >= 4 is 0 Å². The van der Waals surface area contributed by atoms with Gasteiger partial charge in [0.25, 0.3) is 0 Å². The number of fused-ring (bicyclic) bond motifs is 4. The molecule has 0 radical (unpaired) electrons. The van der Waals surface area contributed by atoms with E-state index in [1.54, 1.807) is 121 Å². The van der Waals surface area contributed by atoms with Crippen molar-refractivity contribution in [1.29, 1.82) is 0 Å². The van der Waals surface area contributed by atoms with Crippen LogP contribution in [0.3, 0.4) is 0 Å². The summed E-state index contributed by atoms with van der Waals surface area (Å²) in [6.45, 7) is 0. The quantitative estimate of drug-likeness (QED) is 0.162. The minimum atomic E-state index is -0.648. The van der Waals surface area contributed by atoms with E-state index >= 15 is 0 Å². The maximum Gasteiger partial charge on any atom is 0.394 e. The number of benzene rings is 1. The molecule has 8 nitrogen and oxygen atoms in total. The lowest BCUT2D eigenvalue weighted by Crippen LogP contribution is -2.20. The molecule has 0 atom stereocenters. The van der Waals surface area contributed by atoms with Gasteiger partial charge in [0.15, 0.2) is 45.3 Å². The molecule has 0 amide bonds. The Labute approximate surface area is 294 Å². The Morgan fingerprint density at radius 3 is 0.865 bits per heavy atom. The van der Waals surface area contributed by atoms with Crippen molar-refractivity contribution in [2.75, 3.05) is 0 Å². The number of hydrogen-bond acceptors (Lipinski definition) is 8. The summed E-state index contributed by atoms with van der Waals surface area (Å²) >= 11 is 0. The Kier molecular flexibility index (Phi) is 7.22. The largest absolute Gasteiger partial charge is 0.394 e. The number of furan rings is 4. The highest BCUT2D eigenvalue weighted by atomic mass is 16.4. The summed E-state index contributed by atoms with van der Waals surface area (Å²) in [5, 5.41) is 0. The maximum absolute atomic E-state index is 13.9. The van der Waals surface area contributed by atoms with E-state index in [9.17, 15) is 19.2 Å². The molecule has 0 saturated heterocycles. The molecule has 0 saturated carbocycles. The van der Waals surface area contributed by atoms with Gasteiger partial charge in [-0.3, -0.25) is 0 Å². The first kappa shape index (κ1) is 30.7. The van der Waals surface area contributed by atoms with Crippen LogP contribution in [0.2, 0.25) is 0 Å². The van der Waals surface area contributed by atoms with Crippen LogP contribution < -0.4 is 22.5 Å². The van der Waals surface area contributed by atoms with Gasteiger partial charge in [0, 0.05) is 6.07 Å². The predicted molar refractivity (Wildman–Crippen MR) is 194 cm³/mol. The minimum Gasteiger partial charge on any atom is -0.390 e. The maximum atomic E-state index is 13.9. The molecule has 4 aliphatic carbocycles. The van der Waals surface area contributed by atoms with Gasteiger partial charge in [-0.1, -0.05) is 72.8 Å². The topological polar surface area (TPSA) is 121 Å². The molecule has 8 heteroatoms. The average molecular weight is 681 g/mol. The second-order valence-corrected chi connectivity index (χ2v) is 12.1. The fourth-order valence-electron chi connectivity index (χ4n) is 6.95. The second-order valence-electron chi connectivity index (χ2n) is 12.1. The Morgan fingerprint density at radius 1 is 0.308 bits per heavy atom. The zero-order chi connectivity index (χ0) is 35.3. The van der Waals surface area contributed by atoms with Crippen molar-refractivity contribution in [1.82, 2.24) is 0 Å². The Hall–Kier alpha value is -7.32. The van der Waals surface area contributed by atoms with E-state index in [1.165, 1.54) is 0 Å². The van der Waals surface area contributed by atoms with E-state index in [1.807, 2.05) is 24.3 Å². The first-order chi connectivity index (χ1) is 25.5. The average Bonchev–Trinajstić information content (AvgIpc) is 3.50. The normalized spacial score (nSPS) is 11.4. The van der Waals surface area contributed by atoms with Crippen LogP contribution in [0.15, 0.2) is 182 Å². The van der Waals surface area contributed by atoms with Crippen molar-refractivity contribution in [3.8, 4) is 45.3 Å². The summed E-state index contributed by atoms with van der Waals surface area (Å²) in [5.41, 5.74) is 0.854. The molecule has 1 aromatic rings. The fraction of sp³-hybridized carbons (Fsp3) is 0. The molecule has 0 spiro atoms. The molecule has 4 heterocycles. The van der Waals surface area contributed by atoms with E-state index in [2.05, 4.69) is 0 Å². The highest BCUT2D eigenvalue weighted by Gasteiger charge is 2.43. The molecule has 246 valence electrons. The van der Waals surface area contributed by atoms with E-state index < -0.39 is 22.5 Å². The van der Waals surface area contributed by atoms with Crippen LogP contribution in [0.1, 0.15) is 33.4 Å². The molecular formula is C44H24O8+2. The van der Waals surface area contributed by atoms with Crippen LogP contribution in [0.4, 0.5) is 0 Å². The summed E-state index contributed by atoms with van der Waals surface area (Å²) in [7, 11) is 0. The molecule has 1 aromatic carbocycles. The highest BCUT2D eigenvalue weighted by Crippen LogP contribution is 2.44. The third-order valence-corrected chi connectivity index (χ3v) is 9.14.